The molecule has 0 saturated carbocycles. The molecule has 4 heteroatoms. The molecule has 0 saturated heterocycles. The van der Waals surface area contributed by atoms with Crippen LogP contribution in [0, 0.1) is 6.92 Å². The Morgan fingerprint density at radius 2 is 1.60 bits per heavy atom. The van der Waals surface area contributed by atoms with Gasteiger partial charge in [-0.05, 0) is 42.7 Å². The summed E-state index contributed by atoms with van der Waals surface area (Å²) in [7, 11) is 1.98. The van der Waals surface area contributed by atoms with Gasteiger partial charge in [0, 0.05) is 30.2 Å². The molecule has 0 amide bonds. The summed E-state index contributed by atoms with van der Waals surface area (Å²) < 4.78 is 0. The van der Waals surface area contributed by atoms with Gasteiger partial charge in [-0.1, -0.05) is 44.2 Å². The fraction of sp³-hybridized carbons (Fsp3) is 0.238. The molecule has 0 unspecified atom stereocenters. The van der Waals surface area contributed by atoms with E-state index >= 15 is 0 Å². The number of anilines is 4. The van der Waals surface area contributed by atoms with Crippen LogP contribution in [0.25, 0.3) is 0 Å². The van der Waals surface area contributed by atoms with Crippen molar-refractivity contribution in [2.45, 2.75) is 26.7 Å². The van der Waals surface area contributed by atoms with E-state index in [1.54, 1.807) is 0 Å². The van der Waals surface area contributed by atoms with E-state index in [1.807, 2.05) is 55.3 Å². The first-order valence-electron chi connectivity index (χ1n) is 8.54. The zero-order valence-electron chi connectivity index (χ0n) is 15.2. The third-order valence-corrected chi connectivity index (χ3v) is 4.14. The quantitative estimate of drug-likeness (QED) is 0.677. The van der Waals surface area contributed by atoms with E-state index in [4.69, 9.17) is 0 Å². The van der Waals surface area contributed by atoms with Crippen molar-refractivity contribution in [3.8, 4) is 0 Å². The van der Waals surface area contributed by atoms with Crippen LogP contribution in [0.2, 0.25) is 0 Å². The molecule has 1 aromatic heterocycles. The predicted molar refractivity (Wildman–Crippen MR) is 105 cm³/mol. The van der Waals surface area contributed by atoms with Crippen LogP contribution in [0.5, 0.6) is 0 Å². The summed E-state index contributed by atoms with van der Waals surface area (Å²) in [5, 5.41) is 3.38. The van der Waals surface area contributed by atoms with Crippen molar-refractivity contribution in [1.82, 2.24) is 9.97 Å². The molecule has 0 fully saturated rings. The van der Waals surface area contributed by atoms with Gasteiger partial charge in [0.15, 0.2) is 0 Å². The normalized spacial score (nSPS) is 10.8. The minimum atomic E-state index is 0.529. The minimum Gasteiger partial charge on any atom is -0.340 e. The lowest BCUT2D eigenvalue weighted by Crippen LogP contribution is -2.14. The average molecular weight is 332 g/mol. The van der Waals surface area contributed by atoms with Crippen molar-refractivity contribution in [3.05, 3.63) is 71.9 Å². The van der Waals surface area contributed by atoms with Crippen LogP contribution in [0.4, 0.5) is 23.1 Å². The van der Waals surface area contributed by atoms with Crippen molar-refractivity contribution in [2.75, 3.05) is 17.3 Å². The fourth-order valence-corrected chi connectivity index (χ4v) is 2.63. The number of benzene rings is 2. The van der Waals surface area contributed by atoms with E-state index in [2.05, 4.69) is 53.4 Å². The molecular weight excluding hydrogens is 308 g/mol. The Bertz CT molecular complexity index is 826. The molecule has 25 heavy (non-hydrogen) atoms. The number of nitrogens with zero attached hydrogens (tertiary/aromatic N) is 3. The largest absolute Gasteiger partial charge is 0.340 e. The molecule has 4 nitrogen and oxygen atoms in total. The van der Waals surface area contributed by atoms with Gasteiger partial charge in [-0.2, -0.15) is 4.98 Å². The van der Waals surface area contributed by atoms with Gasteiger partial charge in [-0.3, -0.25) is 0 Å². The van der Waals surface area contributed by atoms with Gasteiger partial charge in [0.05, 0.1) is 0 Å². The van der Waals surface area contributed by atoms with Gasteiger partial charge in [0.2, 0.25) is 5.95 Å². The number of hydrogen-bond acceptors (Lipinski definition) is 4. The Morgan fingerprint density at radius 3 is 2.24 bits per heavy atom. The second kappa shape index (κ2) is 7.34. The summed E-state index contributed by atoms with van der Waals surface area (Å²) in [5.74, 6) is 2.00. The highest BCUT2D eigenvalue weighted by Crippen LogP contribution is 2.24. The van der Waals surface area contributed by atoms with Gasteiger partial charge in [0.25, 0.3) is 0 Å². The summed E-state index contributed by atoms with van der Waals surface area (Å²) in [6.45, 7) is 6.38. The maximum absolute atomic E-state index is 4.67. The highest BCUT2D eigenvalue weighted by molar-refractivity contribution is 5.61. The number of para-hydroxylation sites is 1. The topological polar surface area (TPSA) is 41.1 Å². The van der Waals surface area contributed by atoms with E-state index in [-0.39, 0.29) is 0 Å². The summed E-state index contributed by atoms with van der Waals surface area (Å²) in [6.07, 6.45) is 0. The molecule has 1 N–H and O–H groups in total. The molecule has 128 valence electrons. The maximum atomic E-state index is 4.67. The Hall–Kier alpha value is -2.88. The monoisotopic (exact) mass is 332 g/mol. The zero-order chi connectivity index (χ0) is 17.8. The highest BCUT2D eigenvalue weighted by atomic mass is 15.2. The van der Waals surface area contributed by atoms with Gasteiger partial charge in [-0.25, -0.2) is 4.98 Å². The van der Waals surface area contributed by atoms with Gasteiger partial charge < -0.3 is 10.2 Å². The number of nitrogens with one attached hydrogen (secondary N) is 1. The Balaban J connectivity index is 1.84. The average Bonchev–Trinajstić information content (AvgIpc) is 2.62. The minimum absolute atomic E-state index is 0.529. The molecule has 3 aromatic rings. The molecule has 0 bridgehead atoms. The SMILES string of the molecule is Cc1cc(Nc2ccc(C(C)C)cc2)nc(N(C)c2ccccc2)n1. The molecule has 0 atom stereocenters. The molecule has 0 spiro atoms. The Kier molecular flexibility index (Phi) is 4.98. The first kappa shape index (κ1) is 17.0. The van der Waals surface area contributed by atoms with Crippen LogP contribution in [0.15, 0.2) is 60.7 Å². The van der Waals surface area contributed by atoms with Gasteiger partial charge in [-0.15, -0.1) is 0 Å². The molecule has 0 radical (unpaired) electrons. The summed E-state index contributed by atoms with van der Waals surface area (Å²) in [4.78, 5) is 11.2. The molecule has 0 aliphatic rings. The second-order valence-electron chi connectivity index (χ2n) is 6.49. The standard InChI is InChI=1S/C21H24N4/c1-15(2)17-10-12-18(13-11-17)23-20-14-16(3)22-21(24-20)25(4)19-8-6-5-7-9-19/h5-15H,1-4H3,(H,22,23,24). The van der Waals surface area contributed by atoms with Crippen LogP contribution in [-0.2, 0) is 0 Å². The predicted octanol–water partition coefficient (Wildman–Crippen LogP) is 5.42. The van der Waals surface area contributed by atoms with E-state index < -0.39 is 0 Å². The molecule has 3 rings (SSSR count). The van der Waals surface area contributed by atoms with Crippen molar-refractivity contribution in [2.24, 2.45) is 0 Å². The lowest BCUT2D eigenvalue weighted by atomic mass is 10.0. The van der Waals surface area contributed by atoms with Crippen LogP contribution in [0.1, 0.15) is 31.0 Å². The van der Waals surface area contributed by atoms with E-state index in [9.17, 15) is 0 Å². The lowest BCUT2D eigenvalue weighted by molar-refractivity contribution is 0.867. The summed E-state index contributed by atoms with van der Waals surface area (Å²) in [6, 6.07) is 20.6. The third-order valence-electron chi connectivity index (χ3n) is 4.14. The molecular formula is C21H24N4. The lowest BCUT2D eigenvalue weighted by Gasteiger charge is -2.18. The number of aromatic nitrogens is 2. The van der Waals surface area contributed by atoms with Crippen LogP contribution >= 0.6 is 0 Å². The maximum Gasteiger partial charge on any atom is 0.231 e. The van der Waals surface area contributed by atoms with Crippen LogP contribution in [-0.4, -0.2) is 17.0 Å². The smallest absolute Gasteiger partial charge is 0.231 e. The van der Waals surface area contributed by atoms with Crippen LogP contribution in [0.3, 0.4) is 0 Å². The zero-order valence-corrected chi connectivity index (χ0v) is 15.2. The molecule has 0 aliphatic heterocycles. The van der Waals surface area contributed by atoms with Crippen molar-refractivity contribution in [1.29, 1.82) is 0 Å². The van der Waals surface area contributed by atoms with E-state index in [1.165, 1.54) is 5.56 Å². The number of aryl methyl sites for hydroxylation is 1. The summed E-state index contributed by atoms with van der Waals surface area (Å²) >= 11 is 0. The van der Waals surface area contributed by atoms with Gasteiger partial charge >= 0.3 is 0 Å². The fourth-order valence-electron chi connectivity index (χ4n) is 2.63. The Labute approximate surface area is 149 Å². The van der Waals surface area contributed by atoms with Crippen LogP contribution < -0.4 is 10.2 Å². The highest BCUT2D eigenvalue weighted by Gasteiger charge is 2.09. The Morgan fingerprint density at radius 1 is 0.920 bits per heavy atom. The third kappa shape index (κ3) is 4.15. The van der Waals surface area contributed by atoms with E-state index in [0.29, 0.717) is 11.9 Å². The van der Waals surface area contributed by atoms with Gasteiger partial charge in [0.1, 0.15) is 5.82 Å². The molecule has 0 aliphatic carbocycles. The van der Waals surface area contributed by atoms with Crippen molar-refractivity contribution in [3.63, 3.8) is 0 Å². The van der Waals surface area contributed by atoms with Crippen molar-refractivity contribution >= 4 is 23.1 Å². The molecule has 2 aromatic carbocycles. The van der Waals surface area contributed by atoms with E-state index in [0.717, 1.165) is 22.9 Å². The molecule has 1 heterocycles. The number of hydrogen-bond donors (Lipinski definition) is 1. The second-order valence-corrected chi connectivity index (χ2v) is 6.49. The first-order chi connectivity index (χ1) is 12.0. The van der Waals surface area contributed by atoms with Crippen molar-refractivity contribution < 1.29 is 0 Å². The first-order valence-corrected chi connectivity index (χ1v) is 8.54. The summed E-state index contributed by atoms with van der Waals surface area (Å²) in [5.41, 5.74) is 4.33. The number of rotatable bonds is 5.